The van der Waals surface area contributed by atoms with Crippen molar-refractivity contribution in [2.75, 3.05) is 5.01 Å². The van der Waals surface area contributed by atoms with Crippen molar-refractivity contribution in [3.05, 3.63) is 16.6 Å². The Morgan fingerprint density at radius 1 is 1.64 bits per heavy atom. The molecule has 0 aromatic carbocycles. The maximum absolute atomic E-state index is 4.17. The predicted octanol–water partition coefficient (Wildman–Crippen LogP) is 1.24. The summed E-state index contributed by atoms with van der Waals surface area (Å²) in [7, 11) is 0. The van der Waals surface area contributed by atoms with Crippen LogP contribution < -0.4 is 9.84 Å². The average Bonchev–Trinajstić information content (AvgIpc) is 2.55. The lowest BCUT2D eigenvalue weighted by Gasteiger charge is -2.08. The molecule has 1 aliphatic rings. The Labute approximate surface area is 77.3 Å². The summed E-state index contributed by atoms with van der Waals surface area (Å²) >= 11 is 6.96. The van der Waals surface area contributed by atoms with Crippen molar-refractivity contribution >= 4 is 41.1 Å². The fourth-order valence-electron chi connectivity index (χ4n) is 0.636. The van der Waals surface area contributed by atoms with Gasteiger partial charge in [0, 0.05) is 17.7 Å². The molecule has 7 heteroatoms. The van der Waals surface area contributed by atoms with Crippen molar-refractivity contribution in [3.8, 4) is 0 Å². The molecule has 11 heavy (non-hydrogen) atoms. The summed E-state index contributed by atoms with van der Waals surface area (Å²) in [6.45, 7) is 0. The van der Waals surface area contributed by atoms with Crippen LogP contribution in [0.1, 0.15) is 0 Å². The Kier molecular flexibility index (Phi) is 2.03. The van der Waals surface area contributed by atoms with Crippen LogP contribution in [0.2, 0.25) is 0 Å². The summed E-state index contributed by atoms with van der Waals surface area (Å²) in [5.41, 5.74) is 0. The highest BCUT2D eigenvalue weighted by Gasteiger charge is 2.12. The molecule has 1 aromatic heterocycles. The van der Waals surface area contributed by atoms with Crippen molar-refractivity contribution in [3.63, 3.8) is 0 Å². The molecule has 58 valence electrons. The van der Waals surface area contributed by atoms with Crippen molar-refractivity contribution in [2.24, 2.45) is 0 Å². The van der Waals surface area contributed by atoms with Crippen LogP contribution in [0.4, 0.5) is 5.00 Å². The van der Waals surface area contributed by atoms with Gasteiger partial charge in [-0.3, -0.25) is 5.01 Å². The van der Waals surface area contributed by atoms with Crippen LogP contribution in [-0.4, -0.2) is 9.59 Å². The lowest BCUT2D eigenvalue weighted by Crippen LogP contribution is -2.21. The van der Waals surface area contributed by atoms with Gasteiger partial charge in [-0.15, -0.1) is 17.7 Å². The number of nitrogens with one attached hydrogen (secondary N) is 1. The van der Waals surface area contributed by atoms with E-state index in [0.717, 1.165) is 9.24 Å². The van der Waals surface area contributed by atoms with Gasteiger partial charge in [-0.1, -0.05) is 4.49 Å². The van der Waals surface area contributed by atoms with E-state index in [1.54, 1.807) is 6.20 Å². The van der Waals surface area contributed by atoms with Crippen molar-refractivity contribution in [2.45, 2.75) is 0 Å². The molecule has 2 heterocycles. The minimum absolute atomic E-state index is 0.929. The fraction of sp³-hybridized carbons (Fsp3) is 0. The number of hydrogen-bond acceptors (Lipinski definition) is 7. The first-order valence-electron chi connectivity index (χ1n) is 2.76. The Bertz CT molecular complexity index is 269. The third kappa shape index (κ3) is 1.51. The molecule has 0 saturated heterocycles. The van der Waals surface area contributed by atoms with Gasteiger partial charge >= 0.3 is 0 Å². The van der Waals surface area contributed by atoms with Crippen LogP contribution in [0.25, 0.3) is 0 Å². The SMILES string of the molecule is SC1=CN(c2cnns2)NS1. The third-order valence-corrected chi connectivity index (χ3v) is 2.73. The van der Waals surface area contributed by atoms with Crippen molar-refractivity contribution in [1.82, 2.24) is 14.4 Å². The van der Waals surface area contributed by atoms with E-state index >= 15 is 0 Å². The van der Waals surface area contributed by atoms with Gasteiger partial charge < -0.3 is 0 Å². The first kappa shape index (κ1) is 7.41. The first-order valence-corrected chi connectivity index (χ1v) is 4.80. The number of hydrazine groups is 1. The van der Waals surface area contributed by atoms with Crippen LogP contribution in [0.3, 0.4) is 0 Å². The van der Waals surface area contributed by atoms with E-state index in [0.29, 0.717) is 0 Å². The van der Waals surface area contributed by atoms with Gasteiger partial charge in [-0.25, -0.2) is 0 Å². The molecule has 0 saturated carbocycles. The van der Waals surface area contributed by atoms with Crippen molar-refractivity contribution in [1.29, 1.82) is 0 Å². The molecule has 4 nitrogen and oxygen atoms in total. The summed E-state index contributed by atoms with van der Waals surface area (Å²) in [4.78, 5) is 3.02. The Balaban J connectivity index is 2.20. The molecule has 0 fully saturated rings. The first-order chi connectivity index (χ1) is 5.36. The van der Waals surface area contributed by atoms with Crippen LogP contribution >= 0.6 is 36.1 Å². The molecule has 2 rings (SSSR count). The van der Waals surface area contributed by atoms with Gasteiger partial charge in [0.1, 0.15) is 0 Å². The maximum atomic E-state index is 4.17. The van der Waals surface area contributed by atoms with Gasteiger partial charge in [0.05, 0.1) is 10.4 Å². The summed E-state index contributed by atoms with van der Waals surface area (Å²) in [5, 5.41) is 6.51. The van der Waals surface area contributed by atoms with E-state index in [4.69, 9.17) is 0 Å². The second-order valence-corrected chi connectivity index (χ2v) is 4.16. The molecule has 0 amide bonds. The Hall–Kier alpha value is -0.240. The molecule has 1 N–H and O–H groups in total. The zero-order valence-electron chi connectivity index (χ0n) is 5.26. The standard InChI is InChI=1S/C4H4N4S3/c9-4-2-8(7-11-4)3-1-5-6-10-3/h1-2,7,9H. The number of nitrogens with zero attached hydrogens (tertiary/aromatic N) is 3. The number of thiol groups is 1. The molecular weight excluding hydrogens is 200 g/mol. The molecule has 0 aliphatic carbocycles. The molecule has 0 bridgehead atoms. The number of hydrogen-bond donors (Lipinski definition) is 2. The highest BCUT2D eigenvalue weighted by molar-refractivity contribution is 8.14. The lowest BCUT2D eigenvalue weighted by atomic mass is 10.8. The van der Waals surface area contributed by atoms with E-state index in [-0.39, 0.29) is 0 Å². The molecule has 1 aromatic rings. The predicted molar refractivity (Wildman–Crippen MR) is 50.2 cm³/mol. The quantitative estimate of drug-likeness (QED) is 0.532. The summed E-state index contributed by atoms with van der Waals surface area (Å²) in [6.07, 6.45) is 3.57. The highest BCUT2D eigenvalue weighted by atomic mass is 32.2. The minimum Gasteiger partial charge on any atom is -0.259 e. The van der Waals surface area contributed by atoms with Gasteiger partial charge in [0.25, 0.3) is 0 Å². The number of anilines is 1. The molecule has 0 atom stereocenters. The Morgan fingerprint density at radius 2 is 2.55 bits per heavy atom. The van der Waals surface area contributed by atoms with E-state index in [1.807, 2.05) is 11.2 Å². The summed E-state index contributed by atoms with van der Waals surface area (Å²) in [5.74, 6) is 0. The zero-order valence-corrected chi connectivity index (χ0v) is 7.79. The highest BCUT2D eigenvalue weighted by Crippen LogP contribution is 2.28. The van der Waals surface area contributed by atoms with Crippen LogP contribution in [0.15, 0.2) is 16.6 Å². The number of rotatable bonds is 1. The van der Waals surface area contributed by atoms with Gasteiger partial charge in [-0.2, -0.15) is 4.83 Å². The largest absolute Gasteiger partial charge is 0.259 e. The monoisotopic (exact) mass is 204 g/mol. The molecule has 0 radical (unpaired) electrons. The van der Waals surface area contributed by atoms with Crippen LogP contribution in [-0.2, 0) is 0 Å². The molecule has 1 aliphatic heterocycles. The van der Waals surface area contributed by atoms with Crippen LogP contribution in [0, 0.1) is 0 Å². The van der Waals surface area contributed by atoms with E-state index in [2.05, 4.69) is 27.0 Å². The number of aromatic nitrogens is 2. The Morgan fingerprint density at radius 3 is 3.09 bits per heavy atom. The third-order valence-electron chi connectivity index (χ3n) is 1.08. The normalized spacial score (nSPS) is 17.2. The van der Waals surface area contributed by atoms with Gasteiger partial charge in [0.2, 0.25) is 0 Å². The smallest absolute Gasteiger partial charge is 0.151 e. The molecule has 0 unspecified atom stereocenters. The van der Waals surface area contributed by atoms with Gasteiger partial charge in [0.15, 0.2) is 5.00 Å². The maximum Gasteiger partial charge on any atom is 0.151 e. The second kappa shape index (κ2) is 3.02. The minimum atomic E-state index is 0.929. The van der Waals surface area contributed by atoms with E-state index in [9.17, 15) is 0 Å². The van der Waals surface area contributed by atoms with Gasteiger partial charge in [-0.05, 0) is 11.9 Å². The van der Waals surface area contributed by atoms with E-state index < -0.39 is 0 Å². The summed E-state index contributed by atoms with van der Waals surface area (Å²) < 4.78 is 4.67. The van der Waals surface area contributed by atoms with Crippen LogP contribution in [0.5, 0.6) is 0 Å². The second-order valence-electron chi connectivity index (χ2n) is 1.79. The topological polar surface area (TPSA) is 41.1 Å². The zero-order chi connectivity index (χ0) is 7.68. The molecular formula is C4H4N4S3. The lowest BCUT2D eigenvalue weighted by molar-refractivity contribution is 1.02. The molecule has 0 spiro atoms. The fourth-order valence-corrected chi connectivity index (χ4v) is 1.89. The van der Waals surface area contributed by atoms with E-state index in [1.165, 1.54) is 23.5 Å². The average molecular weight is 204 g/mol. The summed E-state index contributed by atoms with van der Waals surface area (Å²) in [6, 6.07) is 0. The van der Waals surface area contributed by atoms with Crippen molar-refractivity contribution < 1.29 is 0 Å².